The van der Waals surface area contributed by atoms with Crippen LogP contribution >= 0.6 is 0 Å². The molecule has 1 aliphatic carbocycles. The third-order valence-electron chi connectivity index (χ3n) is 3.32. The number of hydrogen-bond donors (Lipinski definition) is 1. The molecule has 0 radical (unpaired) electrons. The molecule has 108 valence electrons. The maximum atomic E-state index is 13.3. The smallest absolute Gasteiger partial charge is 0.260 e. The van der Waals surface area contributed by atoms with Crippen molar-refractivity contribution in [2.24, 2.45) is 5.16 Å². The number of hydrogen-bond acceptors (Lipinski definition) is 4. The number of rotatable bonds is 5. The van der Waals surface area contributed by atoms with Crippen molar-refractivity contribution < 1.29 is 19.1 Å². The van der Waals surface area contributed by atoms with E-state index in [1.54, 1.807) is 18.9 Å². The van der Waals surface area contributed by atoms with Crippen LogP contribution in [-0.2, 0) is 4.79 Å². The van der Waals surface area contributed by atoms with E-state index in [4.69, 9.17) is 9.94 Å². The largest absolute Gasteiger partial charge is 0.483 e. The molecule has 20 heavy (non-hydrogen) atoms. The highest BCUT2D eigenvalue weighted by Gasteiger charge is 2.29. The van der Waals surface area contributed by atoms with E-state index in [1.165, 1.54) is 18.2 Å². The van der Waals surface area contributed by atoms with Gasteiger partial charge < -0.3 is 14.8 Å². The molecule has 5 nitrogen and oxygen atoms in total. The minimum absolute atomic E-state index is 0.152. The summed E-state index contributed by atoms with van der Waals surface area (Å²) in [6.45, 7) is 1.40. The second-order valence-corrected chi connectivity index (χ2v) is 4.85. The summed E-state index contributed by atoms with van der Waals surface area (Å²) in [5.41, 5.74) is 0.749. The first-order valence-electron chi connectivity index (χ1n) is 6.40. The average Bonchev–Trinajstić information content (AvgIpc) is 3.27. The maximum Gasteiger partial charge on any atom is 0.260 e. The zero-order chi connectivity index (χ0) is 14.7. The number of oxime groups is 1. The van der Waals surface area contributed by atoms with Gasteiger partial charge in [-0.2, -0.15) is 0 Å². The highest BCUT2D eigenvalue weighted by molar-refractivity contribution is 6.00. The van der Waals surface area contributed by atoms with Crippen LogP contribution in [0.1, 0.15) is 25.3 Å². The van der Waals surface area contributed by atoms with Crippen LogP contribution in [-0.4, -0.2) is 41.4 Å². The molecule has 1 amide bonds. The van der Waals surface area contributed by atoms with Crippen LogP contribution in [0.4, 0.5) is 4.39 Å². The van der Waals surface area contributed by atoms with Gasteiger partial charge in [-0.15, -0.1) is 0 Å². The summed E-state index contributed by atoms with van der Waals surface area (Å²) in [7, 11) is 1.73. The molecule has 0 heterocycles. The number of amides is 1. The number of carbonyl (C=O) groups excluding carboxylic acids is 1. The Balaban J connectivity index is 2.07. The van der Waals surface area contributed by atoms with Gasteiger partial charge in [-0.05, 0) is 31.9 Å². The van der Waals surface area contributed by atoms with Crippen LogP contribution in [0, 0.1) is 5.82 Å². The molecular weight excluding hydrogens is 263 g/mol. The van der Waals surface area contributed by atoms with Gasteiger partial charge in [-0.3, -0.25) is 4.79 Å². The van der Waals surface area contributed by atoms with Crippen molar-refractivity contribution in [3.63, 3.8) is 0 Å². The van der Waals surface area contributed by atoms with Gasteiger partial charge in [-0.1, -0.05) is 5.16 Å². The second kappa shape index (κ2) is 5.90. The van der Waals surface area contributed by atoms with Crippen molar-refractivity contribution in [1.29, 1.82) is 0 Å². The van der Waals surface area contributed by atoms with E-state index in [-0.39, 0.29) is 18.3 Å². The number of benzene rings is 1. The Kier molecular flexibility index (Phi) is 4.22. The Bertz CT molecular complexity index is 541. The molecule has 1 N–H and O–H groups in total. The summed E-state index contributed by atoms with van der Waals surface area (Å²) < 4.78 is 18.6. The number of halogens is 1. The molecule has 0 atom stereocenters. The normalized spacial score (nSPS) is 15.1. The van der Waals surface area contributed by atoms with Crippen molar-refractivity contribution in [3.8, 4) is 5.75 Å². The molecule has 0 spiro atoms. The zero-order valence-corrected chi connectivity index (χ0v) is 11.5. The summed E-state index contributed by atoms with van der Waals surface area (Å²) in [4.78, 5) is 13.5. The predicted molar refractivity (Wildman–Crippen MR) is 71.7 cm³/mol. The number of nitrogens with zero attached hydrogens (tertiary/aromatic N) is 2. The quantitative estimate of drug-likeness (QED) is 0.510. The molecule has 1 saturated carbocycles. The van der Waals surface area contributed by atoms with E-state index >= 15 is 0 Å². The molecular formula is C14H17FN2O3. The molecule has 2 rings (SSSR count). The Labute approximate surface area is 116 Å². The fourth-order valence-electron chi connectivity index (χ4n) is 1.88. The lowest BCUT2D eigenvalue weighted by Crippen LogP contribution is -2.33. The Hall–Kier alpha value is -2.11. The molecule has 0 saturated heterocycles. The molecule has 1 aliphatic rings. The summed E-state index contributed by atoms with van der Waals surface area (Å²) in [5.74, 6) is -0.434. The van der Waals surface area contributed by atoms with Gasteiger partial charge in [0, 0.05) is 24.7 Å². The van der Waals surface area contributed by atoms with Crippen LogP contribution in [0.25, 0.3) is 0 Å². The molecule has 1 fully saturated rings. The molecule has 1 aromatic rings. The first-order chi connectivity index (χ1) is 9.52. The molecule has 1 aromatic carbocycles. The summed E-state index contributed by atoms with van der Waals surface area (Å²) >= 11 is 0. The van der Waals surface area contributed by atoms with Gasteiger partial charge in [0.2, 0.25) is 0 Å². The van der Waals surface area contributed by atoms with E-state index in [0.717, 1.165) is 12.8 Å². The molecule has 0 aromatic heterocycles. The summed E-state index contributed by atoms with van der Waals surface area (Å²) in [6, 6.07) is 4.18. The second-order valence-electron chi connectivity index (χ2n) is 4.85. The van der Waals surface area contributed by atoms with Crippen LogP contribution in [0.15, 0.2) is 23.4 Å². The van der Waals surface area contributed by atoms with Gasteiger partial charge in [0.05, 0.1) is 5.71 Å². The van der Waals surface area contributed by atoms with E-state index in [1.807, 2.05) is 0 Å². The van der Waals surface area contributed by atoms with Crippen LogP contribution < -0.4 is 4.74 Å². The predicted octanol–water partition coefficient (Wildman–Crippen LogP) is 2.02. The Morgan fingerprint density at radius 3 is 2.85 bits per heavy atom. The van der Waals surface area contributed by atoms with Crippen LogP contribution in [0.2, 0.25) is 0 Å². The molecule has 0 bridgehead atoms. The van der Waals surface area contributed by atoms with Gasteiger partial charge in [0.25, 0.3) is 5.91 Å². The van der Waals surface area contributed by atoms with Crippen molar-refractivity contribution in [2.75, 3.05) is 13.7 Å². The first kappa shape index (κ1) is 14.3. The lowest BCUT2D eigenvalue weighted by molar-refractivity contribution is -0.132. The summed E-state index contributed by atoms with van der Waals surface area (Å²) in [6.07, 6.45) is 2.04. The lowest BCUT2D eigenvalue weighted by Gasteiger charge is -2.17. The number of likely N-dealkylation sites (N-methyl/N-ethyl adjacent to an activating group) is 1. The lowest BCUT2D eigenvalue weighted by atomic mass is 10.1. The van der Waals surface area contributed by atoms with E-state index in [9.17, 15) is 9.18 Å². The van der Waals surface area contributed by atoms with Crippen molar-refractivity contribution in [2.45, 2.75) is 25.8 Å². The molecule has 0 unspecified atom stereocenters. The average molecular weight is 280 g/mol. The van der Waals surface area contributed by atoms with Crippen molar-refractivity contribution in [1.82, 2.24) is 4.90 Å². The first-order valence-corrected chi connectivity index (χ1v) is 6.40. The Morgan fingerprint density at radius 1 is 1.55 bits per heavy atom. The van der Waals surface area contributed by atoms with Crippen molar-refractivity contribution >= 4 is 11.6 Å². The van der Waals surface area contributed by atoms with E-state index in [2.05, 4.69) is 5.16 Å². The number of carbonyl (C=O) groups is 1. The minimum Gasteiger partial charge on any atom is -0.483 e. The van der Waals surface area contributed by atoms with Gasteiger partial charge >= 0.3 is 0 Å². The standard InChI is InChI=1S/C14H17FN2O3/c1-9(16-19)12-6-3-10(15)7-13(12)20-8-14(18)17(2)11-4-5-11/h3,6-7,11,19H,4-5,8H2,1-2H3. The van der Waals surface area contributed by atoms with Gasteiger partial charge in [-0.25, -0.2) is 4.39 Å². The number of ether oxygens (including phenoxy) is 1. The third kappa shape index (κ3) is 3.26. The minimum atomic E-state index is -0.475. The molecule has 0 aliphatic heterocycles. The van der Waals surface area contributed by atoms with Crippen LogP contribution in [0.5, 0.6) is 5.75 Å². The highest BCUT2D eigenvalue weighted by Crippen LogP contribution is 2.26. The molecule has 6 heteroatoms. The SMILES string of the molecule is CC(=NO)c1ccc(F)cc1OCC(=O)N(C)C1CC1. The fraction of sp³-hybridized carbons (Fsp3) is 0.429. The van der Waals surface area contributed by atoms with Gasteiger partial charge in [0.1, 0.15) is 11.6 Å². The topological polar surface area (TPSA) is 62.1 Å². The highest BCUT2D eigenvalue weighted by atomic mass is 19.1. The van der Waals surface area contributed by atoms with Gasteiger partial charge in [0.15, 0.2) is 6.61 Å². The summed E-state index contributed by atoms with van der Waals surface area (Å²) in [5, 5.41) is 11.9. The van der Waals surface area contributed by atoms with Crippen molar-refractivity contribution in [3.05, 3.63) is 29.6 Å². The van der Waals surface area contributed by atoms with E-state index < -0.39 is 5.82 Å². The zero-order valence-electron chi connectivity index (χ0n) is 11.5. The third-order valence-corrected chi connectivity index (χ3v) is 3.32. The van der Waals surface area contributed by atoms with Crippen LogP contribution in [0.3, 0.4) is 0 Å². The fourth-order valence-corrected chi connectivity index (χ4v) is 1.88. The monoisotopic (exact) mass is 280 g/mol. The Morgan fingerprint density at radius 2 is 2.25 bits per heavy atom. The van der Waals surface area contributed by atoms with E-state index in [0.29, 0.717) is 17.3 Å². The maximum absolute atomic E-state index is 13.3.